The molecule has 0 aliphatic rings. The molecule has 2 aromatic rings. The van der Waals surface area contributed by atoms with Crippen LogP contribution in [0.4, 0.5) is 6.01 Å². The zero-order chi connectivity index (χ0) is 14.4. The molecule has 0 spiro atoms. The highest BCUT2D eigenvalue weighted by molar-refractivity contribution is 7.10. The number of anilines is 1. The standard InChI is InChI=1S/C14H22N4OS/c1-4-11-5-6-20-12(11)8-16-14-18-17-13(19-14)9-15-7-10(2)3/h5-6,10,15H,4,7-9H2,1-3H3,(H,16,18). The first-order valence-electron chi connectivity index (χ1n) is 7.01. The Morgan fingerprint density at radius 1 is 1.30 bits per heavy atom. The highest BCUT2D eigenvalue weighted by atomic mass is 32.1. The van der Waals surface area contributed by atoms with Gasteiger partial charge in [0.1, 0.15) is 0 Å². The number of aryl methyl sites for hydroxylation is 1. The first kappa shape index (κ1) is 15.0. The van der Waals surface area contributed by atoms with Crippen LogP contribution < -0.4 is 10.6 Å². The molecule has 2 heterocycles. The Labute approximate surface area is 123 Å². The molecular formula is C14H22N4OS. The lowest BCUT2D eigenvalue weighted by Crippen LogP contribution is -2.19. The zero-order valence-electron chi connectivity index (χ0n) is 12.3. The van der Waals surface area contributed by atoms with Gasteiger partial charge in [0.2, 0.25) is 5.89 Å². The molecule has 0 fully saturated rings. The predicted octanol–water partition coefficient (Wildman–Crippen LogP) is 3.05. The topological polar surface area (TPSA) is 63.0 Å². The van der Waals surface area contributed by atoms with E-state index >= 15 is 0 Å². The fourth-order valence-corrected chi connectivity index (χ4v) is 2.77. The molecule has 0 aromatic carbocycles. The van der Waals surface area contributed by atoms with Gasteiger partial charge in [-0.05, 0) is 35.9 Å². The Hall–Kier alpha value is -1.40. The second kappa shape index (κ2) is 7.40. The van der Waals surface area contributed by atoms with Gasteiger partial charge in [-0.2, -0.15) is 0 Å². The number of hydrogen-bond acceptors (Lipinski definition) is 6. The molecule has 20 heavy (non-hydrogen) atoms. The van der Waals surface area contributed by atoms with Gasteiger partial charge in [-0.3, -0.25) is 0 Å². The van der Waals surface area contributed by atoms with Gasteiger partial charge in [0.05, 0.1) is 13.1 Å². The Morgan fingerprint density at radius 3 is 2.90 bits per heavy atom. The van der Waals surface area contributed by atoms with Crippen LogP contribution in [0.5, 0.6) is 0 Å². The lowest BCUT2D eigenvalue weighted by molar-refractivity contribution is 0.458. The van der Waals surface area contributed by atoms with E-state index in [1.165, 1.54) is 10.4 Å². The summed E-state index contributed by atoms with van der Waals surface area (Å²) in [5.41, 5.74) is 1.38. The van der Waals surface area contributed by atoms with E-state index in [9.17, 15) is 0 Å². The van der Waals surface area contributed by atoms with E-state index < -0.39 is 0 Å². The molecular weight excluding hydrogens is 272 g/mol. The van der Waals surface area contributed by atoms with Crippen LogP contribution in [0.3, 0.4) is 0 Å². The predicted molar refractivity (Wildman–Crippen MR) is 81.9 cm³/mol. The van der Waals surface area contributed by atoms with Crippen molar-refractivity contribution < 1.29 is 4.42 Å². The Kier molecular flexibility index (Phi) is 5.55. The van der Waals surface area contributed by atoms with Crippen molar-refractivity contribution >= 4 is 17.4 Å². The molecule has 0 aliphatic carbocycles. The summed E-state index contributed by atoms with van der Waals surface area (Å²) in [6.45, 7) is 8.80. The van der Waals surface area contributed by atoms with Gasteiger partial charge in [0.25, 0.3) is 0 Å². The van der Waals surface area contributed by atoms with Gasteiger partial charge in [-0.1, -0.05) is 25.9 Å². The molecule has 0 radical (unpaired) electrons. The molecule has 5 nitrogen and oxygen atoms in total. The zero-order valence-corrected chi connectivity index (χ0v) is 13.1. The van der Waals surface area contributed by atoms with Crippen LogP contribution in [0.2, 0.25) is 0 Å². The van der Waals surface area contributed by atoms with Gasteiger partial charge in [0.15, 0.2) is 0 Å². The SMILES string of the molecule is CCc1ccsc1CNc1nnc(CNCC(C)C)o1. The molecule has 0 unspecified atom stereocenters. The maximum Gasteiger partial charge on any atom is 0.315 e. The average Bonchev–Trinajstić information content (AvgIpc) is 3.04. The third-order valence-electron chi connectivity index (χ3n) is 2.91. The summed E-state index contributed by atoms with van der Waals surface area (Å²) >= 11 is 1.75. The summed E-state index contributed by atoms with van der Waals surface area (Å²) in [7, 11) is 0. The summed E-state index contributed by atoms with van der Waals surface area (Å²) in [5, 5.41) is 16.6. The van der Waals surface area contributed by atoms with Crippen LogP contribution in [-0.4, -0.2) is 16.7 Å². The number of thiophene rings is 1. The van der Waals surface area contributed by atoms with Crippen molar-refractivity contribution in [3.8, 4) is 0 Å². The Morgan fingerprint density at radius 2 is 2.15 bits per heavy atom. The lowest BCUT2D eigenvalue weighted by atomic mass is 10.2. The van der Waals surface area contributed by atoms with Crippen LogP contribution in [-0.2, 0) is 19.5 Å². The van der Waals surface area contributed by atoms with Crippen molar-refractivity contribution in [1.29, 1.82) is 0 Å². The number of nitrogens with zero attached hydrogens (tertiary/aromatic N) is 2. The third kappa shape index (κ3) is 4.31. The molecule has 0 aliphatic heterocycles. The number of nitrogens with one attached hydrogen (secondary N) is 2. The minimum Gasteiger partial charge on any atom is -0.407 e. The average molecular weight is 294 g/mol. The quantitative estimate of drug-likeness (QED) is 0.783. The van der Waals surface area contributed by atoms with Crippen LogP contribution in [0, 0.1) is 5.92 Å². The van der Waals surface area contributed by atoms with Crippen LogP contribution in [0.15, 0.2) is 15.9 Å². The van der Waals surface area contributed by atoms with Gasteiger partial charge in [0, 0.05) is 4.88 Å². The number of hydrogen-bond donors (Lipinski definition) is 2. The molecule has 2 N–H and O–H groups in total. The molecule has 0 atom stereocenters. The summed E-state index contributed by atoms with van der Waals surface area (Å²) in [5.74, 6) is 1.23. The molecule has 6 heteroatoms. The molecule has 0 saturated carbocycles. The molecule has 2 rings (SSSR count). The summed E-state index contributed by atoms with van der Waals surface area (Å²) in [6.07, 6.45) is 1.05. The van der Waals surface area contributed by atoms with E-state index in [2.05, 4.69) is 53.0 Å². The minimum absolute atomic E-state index is 0.488. The Balaban J connectivity index is 1.81. The minimum atomic E-state index is 0.488. The van der Waals surface area contributed by atoms with E-state index in [0.29, 0.717) is 24.4 Å². The number of rotatable bonds is 8. The van der Waals surface area contributed by atoms with Gasteiger partial charge in [-0.15, -0.1) is 16.4 Å². The van der Waals surface area contributed by atoms with Crippen molar-refractivity contribution in [3.05, 3.63) is 27.8 Å². The second-order valence-corrected chi connectivity index (χ2v) is 6.10. The van der Waals surface area contributed by atoms with Crippen molar-refractivity contribution in [1.82, 2.24) is 15.5 Å². The van der Waals surface area contributed by atoms with Crippen LogP contribution in [0.1, 0.15) is 37.1 Å². The normalized spacial score (nSPS) is 11.2. The fraction of sp³-hybridized carbons (Fsp3) is 0.571. The largest absolute Gasteiger partial charge is 0.407 e. The highest BCUT2D eigenvalue weighted by Gasteiger charge is 2.07. The molecule has 0 amide bonds. The van der Waals surface area contributed by atoms with Crippen LogP contribution >= 0.6 is 11.3 Å². The summed E-state index contributed by atoms with van der Waals surface area (Å²) < 4.78 is 5.55. The van der Waals surface area contributed by atoms with Gasteiger partial charge in [-0.25, -0.2) is 0 Å². The Bertz CT molecular complexity index is 521. The van der Waals surface area contributed by atoms with Crippen molar-refractivity contribution in [3.63, 3.8) is 0 Å². The first-order chi connectivity index (χ1) is 9.69. The molecule has 2 aromatic heterocycles. The highest BCUT2D eigenvalue weighted by Crippen LogP contribution is 2.18. The maximum atomic E-state index is 5.55. The van der Waals surface area contributed by atoms with E-state index in [-0.39, 0.29) is 0 Å². The van der Waals surface area contributed by atoms with Crippen molar-refractivity contribution in [2.45, 2.75) is 40.3 Å². The van der Waals surface area contributed by atoms with E-state index in [1.54, 1.807) is 11.3 Å². The number of aromatic nitrogens is 2. The van der Waals surface area contributed by atoms with Crippen LogP contribution in [0.25, 0.3) is 0 Å². The monoisotopic (exact) mass is 294 g/mol. The second-order valence-electron chi connectivity index (χ2n) is 5.10. The maximum absolute atomic E-state index is 5.55. The first-order valence-corrected chi connectivity index (χ1v) is 7.89. The van der Waals surface area contributed by atoms with Gasteiger partial charge < -0.3 is 15.1 Å². The summed E-state index contributed by atoms with van der Waals surface area (Å²) in [6, 6.07) is 2.65. The van der Waals surface area contributed by atoms with Crippen molar-refractivity contribution in [2.24, 2.45) is 5.92 Å². The van der Waals surface area contributed by atoms with Crippen molar-refractivity contribution in [2.75, 3.05) is 11.9 Å². The van der Waals surface area contributed by atoms with E-state index in [0.717, 1.165) is 19.5 Å². The smallest absolute Gasteiger partial charge is 0.315 e. The fourth-order valence-electron chi connectivity index (χ4n) is 1.86. The molecule has 0 bridgehead atoms. The van der Waals surface area contributed by atoms with E-state index in [4.69, 9.17) is 4.42 Å². The van der Waals surface area contributed by atoms with Gasteiger partial charge >= 0.3 is 6.01 Å². The molecule has 110 valence electrons. The molecule has 0 saturated heterocycles. The lowest BCUT2D eigenvalue weighted by Gasteiger charge is -2.04. The summed E-state index contributed by atoms with van der Waals surface area (Å²) in [4.78, 5) is 1.32. The van der Waals surface area contributed by atoms with E-state index in [1.807, 2.05) is 0 Å². The third-order valence-corrected chi connectivity index (χ3v) is 3.88.